The van der Waals surface area contributed by atoms with Crippen molar-refractivity contribution >= 4 is 17.0 Å². The van der Waals surface area contributed by atoms with Gasteiger partial charge in [-0.2, -0.15) is 0 Å². The molecule has 124 valence electrons. The molecular formula is C19H23N5. The minimum absolute atomic E-state index is 0.472. The van der Waals surface area contributed by atoms with Crippen LogP contribution in [0.1, 0.15) is 25.0 Å². The third-order valence-electron chi connectivity index (χ3n) is 4.61. The lowest BCUT2D eigenvalue weighted by Crippen LogP contribution is -2.23. The van der Waals surface area contributed by atoms with Gasteiger partial charge in [0.15, 0.2) is 0 Å². The summed E-state index contributed by atoms with van der Waals surface area (Å²) in [6.07, 6.45) is 5.36. The average molecular weight is 321 g/mol. The van der Waals surface area contributed by atoms with Crippen molar-refractivity contribution in [1.29, 1.82) is 0 Å². The second-order valence-corrected chi connectivity index (χ2v) is 6.35. The van der Waals surface area contributed by atoms with Gasteiger partial charge in [0.25, 0.3) is 0 Å². The number of aromatic nitrogens is 3. The van der Waals surface area contributed by atoms with E-state index in [0.717, 1.165) is 48.7 Å². The van der Waals surface area contributed by atoms with E-state index in [9.17, 15) is 0 Å². The molecule has 2 aromatic heterocycles. The van der Waals surface area contributed by atoms with Gasteiger partial charge < -0.3 is 15.2 Å². The highest BCUT2D eigenvalue weighted by Gasteiger charge is 2.17. The van der Waals surface area contributed by atoms with Gasteiger partial charge in [-0.15, -0.1) is 0 Å². The Labute approximate surface area is 142 Å². The Morgan fingerprint density at radius 1 is 1.08 bits per heavy atom. The zero-order chi connectivity index (χ0) is 16.2. The van der Waals surface area contributed by atoms with E-state index in [0.29, 0.717) is 6.04 Å². The molecule has 0 amide bonds. The van der Waals surface area contributed by atoms with Gasteiger partial charge in [0.1, 0.15) is 0 Å². The monoisotopic (exact) mass is 321 g/mol. The van der Waals surface area contributed by atoms with Crippen molar-refractivity contribution < 1.29 is 0 Å². The number of nitrogens with zero attached hydrogens (tertiary/aromatic N) is 3. The summed E-state index contributed by atoms with van der Waals surface area (Å²) in [5.74, 6) is 0.953. The smallest absolute Gasteiger partial charge is 0.204 e. The van der Waals surface area contributed by atoms with Crippen LogP contribution in [0.2, 0.25) is 0 Å². The van der Waals surface area contributed by atoms with Crippen LogP contribution < -0.4 is 10.6 Å². The molecule has 5 heteroatoms. The molecule has 1 aliphatic heterocycles. The molecule has 4 rings (SSSR count). The van der Waals surface area contributed by atoms with Gasteiger partial charge in [-0.1, -0.05) is 18.2 Å². The van der Waals surface area contributed by atoms with Crippen molar-refractivity contribution in [2.75, 3.05) is 18.4 Å². The number of pyridine rings is 1. The number of rotatable bonds is 4. The zero-order valence-electron chi connectivity index (χ0n) is 13.8. The summed E-state index contributed by atoms with van der Waals surface area (Å²) >= 11 is 0. The van der Waals surface area contributed by atoms with Gasteiger partial charge in [-0.05, 0) is 56.6 Å². The van der Waals surface area contributed by atoms with E-state index in [2.05, 4.69) is 44.5 Å². The fourth-order valence-corrected chi connectivity index (χ4v) is 3.35. The summed E-state index contributed by atoms with van der Waals surface area (Å²) in [7, 11) is 0. The van der Waals surface area contributed by atoms with Gasteiger partial charge in [-0.3, -0.25) is 4.98 Å². The lowest BCUT2D eigenvalue weighted by molar-refractivity contribution is 0.624. The first-order valence-corrected chi connectivity index (χ1v) is 8.72. The molecule has 0 bridgehead atoms. The van der Waals surface area contributed by atoms with Crippen LogP contribution in [0.15, 0.2) is 48.7 Å². The highest BCUT2D eigenvalue weighted by molar-refractivity contribution is 5.78. The van der Waals surface area contributed by atoms with E-state index in [1.165, 1.54) is 12.8 Å². The molecule has 3 aromatic rings. The van der Waals surface area contributed by atoms with Gasteiger partial charge in [-0.25, -0.2) is 4.98 Å². The molecule has 0 radical (unpaired) electrons. The molecule has 24 heavy (non-hydrogen) atoms. The number of imidazole rings is 1. The van der Waals surface area contributed by atoms with Crippen molar-refractivity contribution in [2.24, 2.45) is 0 Å². The van der Waals surface area contributed by atoms with E-state index in [-0.39, 0.29) is 0 Å². The fourth-order valence-electron chi connectivity index (χ4n) is 3.35. The van der Waals surface area contributed by atoms with Crippen LogP contribution >= 0.6 is 0 Å². The SMILES string of the molecule is c1ccc(Cn2c(NC3CCCNCC3)nc3ccccc32)nc1. The second-order valence-electron chi connectivity index (χ2n) is 6.35. The van der Waals surface area contributed by atoms with Gasteiger partial charge in [0.05, 0.1) is 23.3 Å². The van der Waals surface area contributed by atoms with Crippen molar-refractivity contribution in [2.45, 2.75) is 31.8 Å². The Kier molecular flexibility index (Phi) is 4.42. The number of nitrogens with one attached hydrogen (secondary N) is 2. The Bertz CT molecular complexity index is 788. The van der Waals surface area contributed by atoms with E-state index >= 15 is 0 Å². The van der Waals surface area contributed by atoms with Crippen LogP contribution in [0.25, 0.3) is 11.0 Å². The quantitative estimate of drug-likeness (QED) is 0.775. The third kappa shape index (κ3) is 3.26. The molecule has 1 aromatic carbocycles. The Morgan fingerprint density at radius 2 is 2.00 bits per heavy atom. The molecule has 2 N–H and O–H groups in total. The normalized spacial score (nSPS) is 18.4. The Balaban J connectivity index is 1.67. The lowest BCUT2D eigenvalue weighted by Gasteiger charge is -2.18. The maximum absolute atomic E-state index is 4.84. The number of anilines is 1. The first-order valence-electron chi connectivity index (χ1n) is 8.72. The van der Waals surface area contributed by atoms with Gasteiger partial charge in [0, 0.05) is 12.2 Å². The van der Waals surface area contributed by atoms with Crippen molar-refractivity contribution in [1.82, 2.24) is 19.9 Å². The Morgan fingerprint density at radius 3 is 2.92 bits per heavy atom. The first-order chi connectivity index (χ1) is 11.9. The summed E-state index contributed by atoms with van der Waals surface area (Å²) in [4.78, 5) is 9.31. The number of hydrogen-bond donors (Lipinski definition) is 2. The van der Waals surface area contributed by atoms with Crippen LogP contribution in [-0.2, 0) is 6.54 Å². The van der Waals surface area contributed by atoms with E-state index in [1.54, 1.807) is 0 Å². The molecule has 3 heterocycles. The number of hydrogen-bond acceptors (Lipinski definition) is 4. The molecule has 0 aliphatic carbocycles. The second kappa shape index (κ2) is 7.01. The molecule has 1 unspecified atom stereocenters. The van der Waals surface area contributed by atoms with Crippen molar-refractivity contribution in [3.8, 4) is 0 Å². The van der Waals surface area contributed by atoms with E-state index in [1.807, 2.05) is 24.4 Å². The lowest BCUT2D eigenvalue weighted by atomic mass is 10.1. The first kappa shape index (κ1) is 15.1. The minimum atomic E-state index is 0.472. The summed E-state index contributed by atoms with van der Waals surface area (Å²) in [6.45, 7) is 2.91. The summed E-state index contributed by atoms with van der Waals surface area (Å²) in [6, 6.07) is 14.8. The predicted octanol–water partition coefficient (Wildman–Crippen LogP) is 3.03. The van der Waals surface area contributed by atoms with E-state index in [4.69, 9.17) is 4.98 Å². The van der Waals surface area contributed by atoms with Gasteiger partial charge >= 0.3 is 0 Å². The maximum Gasteiger partial charge on any atom is 0.204 e. The largest absolute Gasteiger partial charge is 0.353 e. The minimum Gasteiger partial charge on any atom is -0.353 e. The number of benzene rings is 1. The third-order valence-corrected chi connectivity index (χ3v) is 4.61. The topological polar surface area (TPSA) is 54.8 Å². The zero-order valence-corrected chi connectivity index (χ0v) is 13.8. The molecule has 1 atom stereocenters. The highest BCUT2D eigenvalue weighted by atomic mass is 15.2. The highest BCUT2D eigenvalue weighted by Crippen LogP contribution is 2.22. The maximum atomic E-state index is 4.84. The molecule has 5 nitrogen and oxygen atoms in total. The fraction of sp³-hybridized carbons (Fsp3) is 0.368. The van der Waals surface area contributed by atoms with Gasteiger partial charge in [0.2, 0.25) is 5.95 Å². The van der Waals surface area contributed by atoms with Crippen LogP contribution in [0.4, 0.5) is 5.95 Å². The molecule has 1 saturated heterocycles. The molecule has 1 aliphatic rings. The van der Waals surface area contributed by atoms with Crippen molar-refractivity contribution in [3.63, 3.8) is 0 Å². The van der Waals surface area contributed by atoms with Crippen LogP contribution in [0.3, 0.4) is 0 Å². The summed E-state index contributed by atoms with van der Waals surface area (Å²) in [5.41, 5.74) is 3.23. The summed E-state index contributed by atoms with van der Waals surface area (Å²) < 4.78 is 2.25. The number of fused-ring (bicyclic) bond motifs is 1. The molecule has 1 fully saturated rings. The van der Waals surface area contributed by atoms with Crippen LogP contribution in [0.5, 0.6) is 0 Å². The number of para-hydroxylation sites is 2. The van der Waals surface area contributed by atoms with Crippen molar-refractivity contribution in [3.05, 3.63) is 54.4 Å². The van der Waals surface area contributed by atoms with E-state index < -0.39 is 0 Å². The standard InChI is InChI=1S/C19H23N5/c1-2-9-18-17(8-1)23-19(22-15-7-5-11-20-13-10-15)24(18)14-16-6-3-4-12-21-16/h1-4,6,8-9,12,15,20H,5,7,10-11,13-14H2,(H,22,23). The van der Waals surface area contributed by atoms with Crippen LogP contribution in [0, 0.1) is 0 Å². The molecule has 0 spiro atoms. The molecular weight excluding hydrogens is 298 g/mol. The summed E-state index contributed by atoms with van der Waals surface area (Å²) in [5, 5.41) is 7.15. The van der Waals surface area contributed by atoms with Crippen LogP contribution in [-0.4, -0.2) is 33.7 Å². The molecule has 0 saturated carbocycles. The predicted molar refractivity (Wildman–Crippen MR) is 97.2 cm³/mol. The Hall–Kier alpha value is -2.40. The average Bonchev–Trinajstić information content (AvgIpc) is 2.79.